The lowest BCUT2D eigenvalue weighted by molar-refractivity contribution is 0.449. The van der Waals surface area contributed by atoms with Crippen molar-refractivity contribution in [3.63, 3.8) is 0 Å². The lowest BCUT2D eigenvalue weighted by atomic mass is 9.98. The molecule has 0 bridgehead atoms. The Kier molecular flexibility index (Phi) is 3.31. The summed E-state index contributed by atoms with van der Waals surface area (Å²) in [5.74, 6) is 6.51. The summed E-state index contributed by atoms with van der Waals surface area (Å²) in [5.41, 5.74) is 7.57. The second-order valence-electron chi connectivity index (χ2n) is 4.41. The van der Waals surface area contributed by atoms with Gasteiger partial charge in [0.2, 0.25) is 0 Å². The van der Waals surface area contributed by atoms with Crippen molar-refractivity contribution in [1.82, 2.24) is 5.43 Å². The van der Waals surface area contributed by atoms with Gasteiger partial charge in [-0.25, -0.2) is 5.43 Å². The zero-order chi connectivity index (χ0) is 12.4. The minimum absolute atomic E-state index is 0.0932. The maximum atomic E-state index is 5.64. The zero-order valence-electron chi connectivity index (χ0n) is 10.4. The van der Waals surface area contributed by atoms with Gasteiger partial charge >= 0.3 is 0 Å². The Morgan fingerprint density at radius 2 is 1.82 bits per heavy atom. The second-order valence-corrected chi connectivity index (χ2v) is 4.41. The van der Waals surface area contributed by atoms with Gasteiger partial charge in [-0.15, -0.1) is 0 Å². The van der Waals surface area contributed by atoms with Crippen molar-refractivity contribution in [3.05, 3.63) is 58.5 Å². The van der Waals surface area contributed by atoms with Crippen molar-refractivity contribution in [3.8, 4) is 0 Å². The first-order valence-corrected chi connectivity index (χ1v) is 5.70. The van der Waals surface area contributed by atoms with Crippen molar-refractivity contribution >= 4 is 0 Å². The topological polar surface area (TPSA) is 51.2 Å². The number of rotatable bonds is 3. The molecule has 2 rings (SSSR count). The Hall–Kier alpha value is -1.58. The molecule has 1 atom stereocenters. The highest BCUT2D eigenvalue weighted by molar-refractivity contribution is 5.36. The first-order valence-electron chi connectivity index (χ1n) is 5.70. The van der Waals surface area contributed by atoms with Crippen LogP contribution >= 0.6 is 0 Å². The maximum Gasteiger partial charge on any atom is 0.129 e. The van der Waals surface area contributed by atoms with E-state index in [1.54, 1.807) is 6.26 Å². The second kappa shape index (κ2) is 4.73. The molecule has 3 N–H and O–H groups in total. The predicted octanol–water partition coefficient (Wildman–Crippen LogP) is 2.76. The third kappa shape index (κ3) is 2.25. The van der Waals surface area contributed by atoms with Crippen LogP contribution in [-0.2, 0) is 0 Å². The summed E-state index contributed by atoms with van der Waals surface area (Å²) in [5, 5.41) is 0. The molecule has 1 unspecified atom stereocenters. The minimum atomic E-state index is -0.0932. The summed E-state index contributed by atoms with van der Waals surface area (Å²) in [4.78, 5) is 0. The third-order valence-electron chi connectivity index (χ3n) is 3.19. The molecule has 1 aromatic heterocycles. The molecular formula is C14H18N2O. The van der Waals surface area contributed by atoms with E-state index in [4.69, 9.17) is 10.3 Å². The van der Waals surface area contributed by atoms with Gasteiger partial charge in [0.05, 0.1) is 6.26 Å². The van der Waals surface area contributed by atoms with E-state index < -0.39 is 0 Å². The Morgan fingerprint density at radius 3 is 2.35 bits per heavy atom. The molecule has 3 nitrogen and oxygen atoms in total. The highest BCUT2D eigenvalue weighted by Crippen LogP contribution is 2.26. The van der Waals surface area contributed by atoms with Crippen LogP contribution in [0.2, 0.25) is 0 Å². The lowest BCUT2D eigenvalue weighted by Crippen LogP contribution is -2.29. The fourth-order valence-corrected chi connectivity index (χ4v) is 1.95. The van der Waals surface area contributed by atoms with Gasteiger partial charge in [-0.05, 0) is 49.1 Å². The van der Waals surface area contributed by atoms with Gasteiger partial charge in [0.1, 0.15) is 11.8 Å². The molecule has 0 amide bonds. The number of hydrogen-bond acceptors (Lipinski definition) is 3. The molecule has 0 aliphatic rings. The summed E-state index contributed by atoms with van der Waals surface area (Å²) < 4.78 is 5.50. The number of hydrogen-bond donors (Lipinski definition) is 2. The number of aryl methyl sites for hydroxylation is 3. The van der Waals surface area contributed by atoms with E-state index in [2.05, 4.69) is 37.5 Å². The fourth-order valence-electron chi connectivity index (χ4n) is 1.95. The molecule has 0 aliphatic heterocycles. The summed E-state index contributed by atoms with van der Waals surface area (Å²) in [7, 11) is 0. The monoisotopic (exact) mass is 230 g/mol. The van der Waals surface area contributed by atoms with Crippen LogP contribution in [0, 0.1) is 20.8 Å². The van der Waals surface area contributed by atoms with E-state index in [1.165, 1.54) is 11.1 Å². The lowest BCUT2D eigenvalue weighted by Gasteiger charge is -2.16. The zero-order valence-corrected chi connectivity index (χ0v) is 10.4. The first-order chi connectivity index (χ1) is 8.13. The minimum Gasteiger partial charge on any atom is -0.467 e. The summed E-state index contributed by atoms with van der Waals surface area (Å²) >= 11 is 0. The molecule has 2 aromatic rings. The van der Waals surface area contributed by atoms with Crippen molar-refractivity contribution < 1.29 is 4.42 Å². The molecular weight excluding hydrogens is 212 g/mol. The number of furan rings is 1. The van der Waals surface area contributed by atoms with E-state index in [-0.39, 0.29) is 6.04 Å². The maximum absolute atomic E-state index is 5.64. The van der Waals surface area contributed by atoms with Crippen molar-refractivity contribution in [2.24, 2.45) is 5.84 Å². The van der Waals surface area contributed by atoms with E-state index in [1.807, 2.05) is 13.0 Å². The van der Waals surface area contributed by atoms with Gasteiger partial charge in [0, 0.05) is 0 Å². The van der Waals surface area contributed by atoms with Crippen LogP contribution in [0.4, 0.5) is 0 Å². The number of nitrogens with one attached hydrogen (secondary N) is 1. The molecule has 17 heavy (non-hydrogen) atoms. The van der Waals surface area contributed by atoms with Crippen molar-refractivity contribution in [2.75, 3.05) is 0 Å². The number of benzene rings is 1. The van der Waals surface area contributed by atoms with Crippen LogP contribution in [0.5, 0.6) is 0 Å². The largest absolute Gasteiger partial charge is 0.467 e. The quantitative estimate of drug-likeness (QED) is 0.629. The Bertz CT molecular complexity index is 517. The molecule has 90 valence electrons. The molecule has 3 heteroatoms. The van der Waals surface area contributed by atoms with Gasteiger partial charge < -0.3 is 4.42 Å². The average molecular weight is 230 g/mol. The van der Waals surface area contributed by atoms with Crippen LogP contribution in [0.15, 0.2) is 34.9 Å². The molecule has 0 aliphatic carbocycles. The first kappa shape index (κ1) is 11.9. The normalized spacial score (nSPS) is 12.7. The standard InChI is InChI=1S/C14H18N2O/c1-9-4-5-12(8-11(9)3)13(16-15)14-10(2)6-7-17-14/h4-8,13,16H,15H2,1-3H3. The summed E-state index contributed by atoms with van der Waals surface area (Å²) in [6.45, 7) is 6.22. The van der Waals surface area contributed by atoms with Gasteiger partial charge in [-0.1, -0.05) is 18.2 Å². The van der Waals surface area contributed by atoms with Crippen molar-refractivity contribution in [2.45, 2.75) is 26.8 Å². The molecule has 0 radical (unpaired) electrons. The molecule has 0 saturated heterocycles. The van der Waals surface area contributed by atoms with Crippen LogP contribution in [0.25, 0.3) is 0 Å². The molecule has 0 spiro atoms. The van der Waals surface area contributed by atoms with Gasteiger partial charge in [0.15, 0.2) is 0 Å². The molecule has 0 fully saturated rings. The molecule has 1 aromatic carbocycles. The number of hydrazine groups is 1. The number of nitrogens with two attached hydrogens (primary N) is 1. The van der Waals surface area contributed by atoms with Crippen LogP contribution in [-0.4, -0.2) is 0 Å². The van der Waals surface area contributed by atoms with Crippen molar-refractivity contribution in [1.29, 1.82) is 0 Å². The van der Waals surface area contributed by atoms with Crippen LogP contribution in [0.3, 0.4) is 0 Å². The Morgan fingerprint density at radius 1 is 1.06 bits per heavy atom. The van der Waals surface area contributed by atoms with Crippen LogP contribution in [0.1, 0.15) is 34.1 Å². The van der Waals surface area contributed by atoms with E-state index in [0.717, 1.165) is 16.9 Å². The summed E-state index contributed by atoms with van der Waals surface area (Å²) in [6.07, 6.45) is 1.69. The fraction of sp³-hybridized carbons (Fsp3) is 0.286. The SMILES string of the molecule is Cc1ccc(C(NN)c2occc2C)cc1C. The smallest absolute Gasteiger partial charge is 0.129 e. The predicted molar refractivity (Wildman–Crippen MR) is 68.5 cm³/mol. The van der Waals surface area contributed by atoms with Gasteiger partial charge in [-0.2, -0.15) is 0 Å². The molecule has 0 saturated carbocycles. The van der Waals surface area contributed by atoms with Gasteiger partial charge in [-0.3, -0.25) is 5.84 Å². The van der Waals surface area contributed by atoms with Crippen LogP contribution < -0.4 is 11.3 Å². The Labute approximate surface area is 102 Å². The third-order valence-corrected chi connectivity index (χ3v) is 3.19. The van der Waals surface area contributed by atoms with E-state index >= 15 is 0 Å². The van der Waals surface area contributed by atoms with E-state index in [0.29, 0.717) is 0 Å². The summed E-state index contributed by atoms with van der Waals surface area (Å²) in [6, 6.07) is 8.18. The van der Waals surface area contributed by atoms with E-state index in [9.17, 15) is 0 Å². The Balaban J connectivity index is 2.42. The average Bonchev–Trinajstić information content (AvgIpc) is 2.71. The molecule has 1 heterocycles. The van der Waals surface area contributed by atoms with Gasteiger partial charge in [0.25, 0.3) is 0 Å². The highest BCUT2D eigenvalue weighted by Gasteiger charge is 2.18. The highest BCUT2D eigenvalue weighted by atomic mass is 16.3.